The van der Waals surface area contributed by atoms with Gasteiger partial charge in [-0.1, -0.05) is 44.2 Å². The van der Waals surface area contributed by atoms with Crippen molar-refractivity contribution in [3.05, 3.63) is 60.2 Å². The summed E-state index contributed by atoms with van der Waals surface area (Å²) in [7, 11) is -4.21. The molecular formula is C30H44N2O10S2. The van der Waals surface area contributed by atoms with Gasteiger partial charge in [0.25, 0.3) is 0 Å². The highest BCUT2D eigenvalue weighted by atomic mass is 32.2. The average Bonchev–Trinajstić information content (AvgIpc) is 2.99. The summed E-state index contributed by atoms with van der Waals surface area (Å²) in [5, 5.41) is 2.87. The Labute approximate surface area is 260 Å². The highest BCUT2D eigenvalue weighted by molar-refractivity contribution is 7.91. The quantitative estimate of drug-likeness (QED) is 0.341. The van der Waals surface area contributed by atoms with Gasteiger partial charge >= 0.3 is 6.09 Å². The van der Waals surface area contributed by atoms with Crippen LogP contribution >= 0.6 is 0 Å². The summed E-state index contributed by atoms with van der Waals surface area (Å²) in [6.45, 7) is 3.93. The van der Waals surface area contributed by atoms with Crippen LogP contribution in [0.15, 0.2) is 59.5 Å². The maximum atomic E-state index is 13.8. The van der Waals surface area contributed by atoms with Crippen LogP contribution in [0, 0.1) is 5.92 Å². The Morgan fingerprint density at radius 2 is 1.59 bits per heavy atom. The average molecular weight is 657 g/mol. The van der Waals surface area contributed by atoms with Gasteiger partial charge in [-0.2, -0.15) is 4.31 Å². The van der Waals surface area contributed by atoms with E-state index in [0.29, 0.717) is 12.2 Å². The molecule has 14 heteroatoms. The SMILES string of the molecule is COc1ccc(S(=O)(=O)N(CC(C)C)CC(OC)C(Cc2ccccc2)NC(=O)OC2COCCS(=O)(=O)CCOC2)cc1. The second-order valence-corrected chi connectivity index (χ2v) is 15.2. The van der Waals surface area contributed by atoms with Gasteiger partial charge in [0.1, 0.15) is 5.75 Å². The van der Waals surface area contributed by atoms with E-state index in [1.165, 1.54) is 30.7 Å². The number of sulfone groups is 1. The first kappa shape index (κ1) is 35.7. The fourth-order valence-electron chi connectivity index (χ4n) is 4.64. The van der Waals surface area contributed by atoms with Gasteiger partial charge in [-0.3, -0.25) is 0 Å². The van der Waals surface area contributed by atoms with Gasteiger partial charge in [-0.15, -0.1) is 0 Å². The number of nitrogens with one attached hydrogen (secondary N) is 1. The van der Waals surface area contributed by atoms with Crippen molar-refractivity contribution in [1.82, 2.24) is 9.62 Å². The number of amides is 1. The molecule has 0 aliphatic carbocycles. The number of benzene rings is 2. The maximum Gasteiger partial charge on any atom is 0.407 e. The fraction of sp³-hybridized carbons (Fsp3) is 0.567. The molecule has 2 aromatic rings. The van der Waals surface area contributed by atoms with Crippen molar-refractivity contribution in [1.29, 1.82) is 0 Å². The molecule has 0 bridgehead atoms. The molecule has 1 N–H and O–H groups in total. The molecule has 1 aliphatic heterocycles. The predicted octanol–water partition coefficient (Wildman–Crippen LogP) is 2.52. The molecule has 246 valence electrons. The molecule has 12 nitrogen and oxygen atoms in total. The van der Waals surface area contributed by atoms with Crippen molar-refractivity contribution >= 4 is 26.0 Å². The lowest BCUT2D eigenvalue weighted by Crippen LogP contribution is -2.52. The predicted molar refractivity (Wildman–Crippen MR) is 165 cm³/mol. The molecule has 2 atom stereocenters. The van der Waals surface area contributed by atoms with E-state index >= 15 is 0 Å². The van der Waals surface area contributed by atoms with Gasteiger partial charge in [0.2, 0.25) is 10.0 Å². The summed E-state index contributed by atoms with van der Waals surface area (Å²) in [5.41, 5.74) is 0.903. The second kappa shape index (κ2) is 17.1. The number of sulfonamides is 1. The van der Waals surface area contributed by atoms with Gasteiger partial charge in [0.15, 0.2) is 15.9 Å². The second-order valence-electron chi connectivity index (χ2n) is 10.9. The number of ether oxygens (including phenoxy) is 5. The minimum atomic E-state index is -3.93. The van der Waals surface area contributed by atoms with Crippen LogP contribution in [-0.2, 0) is 45.2 Å². The van der Waals surface area contributed by atoms with Gasteiger partial charge in [0.05, 0.1) is 62.1 Å². The van der Waals surface area contributed by atoms with E-state index in [4.69, 9.17) is 23.7 Å². The summed E-state index contributed by atoms with van der Waals surface area (Å²) in [6, 6.07) is 14.9. The highest BCUT2D eigenvalue weighted by Crippen LogP contribution is 2.22. The summed E-state index contributed by atoms with van der Waals surface area (Å²) in [5.74, 6) is 0.261. The molecule has 1 aliphatic rings. The third kappa shape index (κ3) is 11.3. The van der Waals surface area contributed by atoms with Gasteiger partial charge in [-0.25, -0.2) is 21.6 Å². The Bertz CT molecular complexity index is 1350. The lowest BCUT2D eigenvalue weighted by molar-refractivity contribution is -0.0274. The largest absolute Gasteiger partial charge is 0.497 e. The maximum absolute atomic E-state index is 13.8. The molecular weight excluding hydrogens is 612 g/mol. The summed E-state index contributed by atoms with van der Waals surface area (Å²) < 4.78 is 80.3. The zero-order valence-corrected chi connectivity index (χ0v) is 27.3. The van der Waals surface area contributed by atoms with E-state index in [1.54, 1.807) is 12.1 Å². The number of nitrogens with zero attached hydrogens (tertiary/aromatic N) is 1. The number of alkyl carbamates (subject to hydrolysis) is 1. The van der Waals surface area contributed by atoms with E-state index in [-0.39, 0.29) is 61.8 Å². The zero-order valence-electron chi connectivity index (χ0n) is 25.7. The van der Waals surface area contributed by atoms with Crippen LogP contribution < -0.4 is 10.1 Å². The molecule has 0 radical (unpaired) electrons. The molecule has 1 fully saturated rings. The molecule has 44 heavy (non-hydrogen) atoms. The Morgan fingerprint density at radius 1 is 0.977 bits per heavy atom. The number of methoxy groups -OCH3 is 2. The van der Waals surface area contributed by atoms with E-state index in [2.05, 4.69) is 5.32 Å². The van der Waals surface area contributed by atoms with Crippen molar-refractivity contribution in [3.8, 4) is 5.75 Å². The van der Waals surface area contributed by atoms with Crippen LogP contribution in [0.25, 0.3) is 0 Å². The number of carbonyl (C=O) groups excluding carboxylic acids is 1. The third-order valence-electron chi connectivity index (χ3n) is 6.96. The van der Waals surface area contributed by atoms with E-state index in [9.17, 15) is 21.6 Å². The van der Waals surface area contributed by atoms with Crippen molar-refractivity contribution in [2.24, 2.45) is 5.92 Å². The summed E-state index contributed by atoms with van der Waals surface area (Å²) in [4.78, 5) is 13.3. The molecule has 0 saturated carbocycles. The van der Waals surface area contributed by atoms with Crippen LogP contribution in [-0.4, -0.2) is 111 Å². The van der Waals surface area contributed by atoms with Crippen LogP contribution in [0.1, 0.15) is 19.4 Å². The minimum Gasteiger partial charge on any atom is -0.497 e. The van der Waals surface area contributed by atoms with Crippen molar-refractivity contribution in [3.63, 3.8) is 0 Å². The highest BCUT2D eigenvalue weighted by Gasteiger charge is 2.33. The molecule has 3 rings (SSSR count). The van der Waals surface area contributed by atoms with Crippen LogP contribution in [0.5, 0.6) is 5.75 Å². The summed E-state index contributed by atoms with van der Waals surface area (Å²) >= 11 is 0. The molecule has 1 heterocycles. The van der Waals surface area contributed by atoms with Gasteiger partial charge in [0, 0.05) is 20.2 Å². The lowest BCUT2D eigenvalue weighted by Gasteiger charge is -2.33. The van der Waals surface area contributed by atoms with E-state index in [0.717, 1.165) is 5.56 Å². The first-order chi connectivity index (χ1) is 20.9. The molecule has 1 saturated heterocycles. The third-order valence-corrected chi connectivity index (χ3v) is 10.4. The van der Waals surface area contributed by atoms with E-state index < -0.39 is 44.2 Å². The van der Waals surface area contributed by atoms with Crippen molar-refractivity contribution in [2.75, 3.05) is 65.2 Å². The fourth-order valence-corrected chi connectivity index (χ4v) is 7.20. The van der Waals surface area contributed by atoms with Crippen molar-refractivity contribution < 1.29 is 45.3 Å². The Kier molecular flexibility index (Phi) is 13.9. The Hall–Kier alpha value is -2.75. The minimum absolute atomic E-state index is 0.00798. The standard InChI is InChI=1S/C30H44N2O10S2/c1-23(2)19-32(44(36,37)27-12-10-25(38-3)11-13-27)20-29(39-4)28(18-24-8-6-5-7-9-24)31-30(33)42-26-21-40-14-16-43(34,35)17-15-41-22-26/h5-13,23,26,28-29H,14-22H2,1-4H3,(H,31,33). The molecule has 0 spiro atoms. The smallest absolute Gasteiger partial charge is 0.407 e. The number of carbonyl (C=O) groups is 1. The number of hydrogen-bond donors (Lipinski definition) is 1. The topological polar surface area (TPSA) is 147 Å². The molecule has 0 aromatic heterocycles. The molecule has 2 aromatic carbocycles. The normalized spacial score (nSPS) is 18.0. The van der Waals surface area contributed by atoms with Gasteiger partial charge < -0.3 is 29.0 Å². The number of hydrogen-bond acceptors (Lipinski definition) is 10. The van der Waals surface area contributed by atoms with Crippen molar-refractivity contribution in [2.45, 2.75) is 43.4 Å². The molecule has 1 amide bonds. The number of rotatable bonds is 13. The van der Waals surface area contributed by atoms with Gasteiger partial charge in [-0.05, 0) is 42.2 Å². The lowest BCUT2D eigenvalue weighted by atomic mass is 10.0. The first-order valence-electron chi connectivity index (χ1n) is 14.5. The Morgan fingerprint density at radius 3 is 2.14 bits per heavy atom. The molecule has 2 unspecified atom stereocenters. The van der Waals surface area contributed by atoms with Crippen LogP contribution in [0.4, 0.5) is 4.79 Å². The zero-order chi connectivity index (χ0) is 32.2. The summed E-state index contributed by atoms with van der Waals surface area (Å²) in [6.07, 6.45) is -1.95. The monoisotopic (exact) mass is 656 g/mol. The van der Waals surface area contributed by atoms with Crippen LogP contribution in [0.3, 0.4) is 0 Å². The Balaban J connectivity index is 1.80. The van der Waals surface area contributed by atoms with Crippen LogP contribution in [0.2, 0.25) is 0 Å². The van der Waals surface area contributed by atoms with E-state index in [1.807, 2.05) is 44.2 Å². The first-order valence-corrected chi connectivity index (χ1v) is 17.7.